The monoisotopic (exact) mass is 256 g/mol. The maximum atomic E-state index is 12.7. The predicted octanol–water partition coefficient (Wildman–Crippen LogP) is 3.39. The van der Waals surface area contributed by atoms with Gasteiger partial charge in [-0.15, -0.1) is 0 Å². The van der Waals surface area contributed by atoms with Gasteiger partial charge in [0.2, 0.25) is 0 Å². The number of rotatable bonds is 0. The lowest BCUT2D eigenvalue weighted by molar-refractivity contribution is -0.128. The molecule has 0 aromatic rings. The standard InChI is InChI=1S/C17H20O2/c1-10-4-5-12-6-7-13-15(18)9-11(2)16(19)17(13,3)14(12)8-10/h6-7,9-10,14H,4-5,8H2,1-3H3/t10-,14-,17+/m0/s1. The maximum Gasteiger partial charge on any atom is 0.183 e. The first-order chi connectivity index (χ1) is 8.94. The van der Waals surface area contributed by atoms with Crippen LogP contribution < -0.4 is 0 Å². The lowest BCUT2D eigenvalue weighted by Crippen LogP contribution is -2.46. The van der Waals surface area contributed by atoms with E-state index in [1.165, 1.54) is 18.1 Å². The average Bonchev–Trinajstić information content (AvgIpc) is 2.37. The number of Topliss-reactive ketones (excluding diaryl/α,β-unsaturated/α-hetero) is 1. The van der Waals surface area contributed by atoms with E-state index in [-0.39, 0.29) is 17.5 Å². The van der Waals surface area contributed by atoms with Crippen molar-refractivity contribution in [2.45, 2.75) is 40.0 Å². The lowest BCUT2D eigenvalue weighted by Gasteiger charge is -2.46. The summed E-state index contributed by atoms with van der Waals surface area (Å²) in [6.07, 6.45) is 8.76. The van der Waals surface area contributed by atoms with E-state index in [9.17, 15) is 9.59 Å². The van der Waals surface area contributed by atoms with Crippen LogP contribution in [0.2, 0.25) is 0 Å². The Balaban J connectivity index is 2.15. The molecule has 0 spiro atoms. The molecule has 0 amide bonds. The summed E-state index contributed by atoms with van der Waals surface area (Å²) in [4.78, 5) is 24.9. The van der Waals surface area contributed by atoms with Crippen LogP contribution in [0.1, 0.15) is 40.0 Å². The van der Waals surface area contributed by atoms with Gasteiger partial charge in [-0.25, -0.2) is 0 Å². The number of carbonyl (C=O) groups excluding carboxylic acids is 2. The van der Waals surface area contributed by atoms with E-state index in [1.807, 2.05) is 13.0 Å². The number of ketones is 2. The van der Waals surface area contributed by atoms with Gasteiger partial charge in [-0.2, -0.15) is 0 Å². The van der Waals surface area contributed by atoms with E-state index in [0.717, 1.165) is 12.8 Å². The first kappa shape index (κ1) is 12.6. The Morgan fingerprint density at radius 1 is 1.26 bits per heavy atom. The minimum Gasteiger partial charge on any atom is -0.294 e. The Morgan fingerprint density at radius 2 is 2.00 bits per heavy atom. The second-order valence-corrected chi connectivity index (χ2v) is 6.48. The number of fused-ring (bicyclic) bond motifs is 3. The van der Waals surface area contributed by atoms with E-state index < -0.39 is 5.41 Å². The number of hydrogen-bond donors (Lipinski definition) is 0. The third-order valence-electron chi connectivity index (χ3n) is 5.17. The van der Waals surface area contributed by atoms with Crippen LogP contribution in [-0.2, 0) is 9.59 Å². The minimum atomic E-state index is -0.616. The van der Waals surface area contributed by atoms with E-state index in [1.54, 1.807) is 6.92 Å². The highest BCUT2D eigenvalue weighted by atomic mass is 16.1. The fourth-order valence-corrected chi connectivity index (χ4v) is 3.98. The molecule has 1 fully saturated rings. The summed E-state index contributed by atoms with van der Waals surface area (Å²) in [7, 11) is 0. The Bertz CT molecular complexity index is 562. The fourth-order valence-electron chi connectivity index (χ4n) is 3.98. The maximum absolute atomic E-state index is 12.7. The second kappa shape index (κ2) is 4.03. The molecule has 19 heavy (non-hydrogen) atoms. The summed E-state index contributed by atoms with van der Waals surface area (Å²) < 4.78 is 0. The van der Waals surface area contributed by atoms with Crippen LogP contribution in [0.3, 0.4) is 0 Å². The Labute approximate surface area is 114 Å². The summed E-state index contributed by atoms with van der Waals surface area (Å²) in [6, 6.07) is 0. The molecule has 100 valence electrons. The van der Waals surface area contributed by atoms with Crippen molar-refractivity contribution in [1.29, 1.82) is 0 Å². The van der Waals surface area contributed by atoms with E-state index >= 15 is 0 Å². The molecular weight excluding hydrogens is 236 g/mol. The van der Waals surface area contributed by atoms with Gasteiger partial charge in [0.15, 0.2) is 11.6 Å². The lowest BCUT2D eigenvalue weighted by atomic mass is 9.55. The molecule has 0 saturated heterocycles. The van der Waals surface area contributed by atoms with E-state index in [4.69, 9.17) is 0 Å². The molecule has 0 aliphatic heterocycles. The van der Waals surface area contributed by atoms with Crippen molar-refractivity contribution in [2.24, 2.45) is 17.3 Å². The van der Waals surface area contributed by atoms with Crippen LogP contribution in [0, 0.1) is 17.3 Å². The van der Waals surface area contributed by atoms with Gasteiger partial charge < -0.3 is 0 Å². The molecule has 2 nitrogen and oxygen atoms in total. The van der Waals surface area contributed by atoms with E-state index in [0.29, 0.717) is 17.1 Å². The van der Waals surface area contributed by atoms with Gasteiger partial charge >= 0.3 is 0 Å². The summed E-state index contributed by atoms with van der Waals surface area (Å²) >= 11 is 0. The molecule has 0 N–H and O–H groups in total. The van der Waals surface area contributed by atoms with E-state index in [2.05, 4.69) is 13.0 Å². The van der Waals surface area contributed by atoms with Gasteiger partial charge in [0, 0.05) is 5.57 Å². The van der Waals surface area contributed by atoms with Crippen LogP contribution >= 0.6 is 0 Å². The van der Waals surface area contributed by atoms with Crippen LogP contribution in [0.15, 0.2) is 34.9 Å². The first-order valence-electron chi connectivity index (χ1n) is 7.13. The van der Waals surface area contributed by atoms with Crippen molar-refractivity contribution in [1.82, 2.24) is 0 Å². The SMILES string of the molecule is CC1=CC(=O)C2=CC=C3CC[C@H](C)C[C@@H]3[C@]2(C)C1=O. The van der Waals surface area contributed by atoms with Crippen LogP contribution in [0.5, 0.6) is 0 Å². The molecular formula is C17H20O2. The number of carbonyl (C=O) groups is 2. The van der Waals surface area contributed by atoms with Crippen LogP contribution in [0.4, 0.5) is 0 Å². The van der Waals surface area contributed by atoms with Gasteiger partial charge in [-0.1, -0.05) is 24.6 Å². The zero-order chi connectivity index (χ0) is 13.8. The molecule has 2 heteroatoms. The summed E-state index contributed by atoms with van der Waals surface area (Å²) in [5, 5.41) is 0. The largest absolute Gasteiger partial charge is 0.294 e. The third-order valence-corrected chi connectivity index (χ3v) is 5.17. The van der Waals surface area contributed by atoms with Crippen molar-refractivity contribution < 1.29 is 9.59 Å². The normalized spacial score (nSPS) is 37.9. The summed E-state index contributed by atoms with van der Waals surface area (Å²) in [5.74, 6) is 1.01. The summed E-state index contributed by atoms with van der Waals surface area (Å²) in [5.41, 5.74) is 2.06. The van der Waals surface area contributed by atoms with Crippen molar-refractivity contribution in [3.63, 3.8) is 0 Å². The number of hydrogen-bond acceptors (Lipinski definition) is 2. The molecule has 3 aliphatic carbocycles. The smallest absolute Gasteiger partial charge is 0.183 e. The number of allylic oxidation sites excluding steroid dienone is 6. The van der Waals surface area contributed by atoms with Crippen molar-refractivity contribution in [2.75, 3.05) is 0 Å². The van der Waals surface area contributed by atoms with Crippen LogP contribution in [0.25, 0.3) is 0 Å². The van der Waals surface area contributed by atoms with Crippen molar-refractivity contribution in [3.8, 4) is 0 Å². The van der Waals surface area contributed by atoms with Crippen molar-refractivity contribution in [3.05, 3.63) is 34.9 Å². The van der Waals surface area contributed by atoms with Gasteiger partial charge in [0.1, 0.15) is 0 Å². The van der Waals surface area contributed by atoms with Gasteiger partial charge in [0.25, 0.3) is 0 Å². The fraction of sp³-hybridized carbons (Fsp3) is 0.529. The average molecular weight is 256 g/mol. The molecule has 0 radical (unpaired) electrons. The third kappa shape index (κ3) is 1.62. The molecule has 0 aromatic heterocycles. The minimum absolute atomic E-state index is 0.0214. The molecule has 1 saturated carbocycles. The highest BCUT2D eigenvalue weighted by Crippen LogP contribution is 2.53. The Kier molecular flexibility index (Phi) is 2.67. The van der Waals surface area contributed by atoms with Gasteiger partial charge in [-0.05, 0) is 56.6 Å². The second-order valence-electron chi connectivity index (χ2n) is 6.48. The van der Waals surface area contributed by atoms with Crippen molar-refractivity contribution >= 4 is 11.6 Å². The molecule has 0 aromatic carbocycles. The highest BCUT2D eigenvalue weighted by molar-refractivity contribution is 6.20. The Hall–Kier alpha value is -1.44. The molecule has 3 atom stereocenters. The van der Waals surface area contributed by atoms with Crippen LogP contribution in [-0.4, -0.2) is 11.6 Å². The molecule has 0 heterocycles. The predicted molar refractivity (Wildman–Crippen MR) is 74.5 cm³/mol. The zero-order valence-electron chi connectivity index (χ0n) is 11.8. The summed E-state index contributed by atoms with van der Waals surface area (Å²) in [6.45, 7) is 5.99. The molecule has 0 unspecified atom stereocenters. The van der Waals surface area contributed by atoms with Gasteiger partial charge in [0.05, 0.1) is 5.41 Å². The van der Waals surface area contributed by atoms with Gasteiger partial charge in [-0.3, -0.25) is 9.59 Å². The topological polar surface area (TPSA) is 34.1 Å². The first-order valence-corrected chi connectivity index (χ1v) is 7.13. The Morgan fingerprint density at radius 3 is 2.74 bits per heavy atom. The molecule has 3 aliphatic rings. The highest BCUT2D eigenvalue weighted by Gasteiger charge is 2.52. The quantitative estimate of drug-likeness (QED) is 0.665. The zero-order valence-corrected chi connectivity index (χ0v) is 11.8. The molecule has 3 rings (SSSR count). The molecule has 0 bridgehead atoms.